The molecule has 3 aliphatic rings. The van der Waals surface area contributed by atoms with Crippen molar-refractivity contribution in [2.45, 2.75) is 24.2 Å². The third kappa shape index (κ3) is 3.29. The average molecular weight is 502 g/mol. The highest BCUT2D eigenvalue weighted by molar-refractivity contribution is 6.02. The van der Waals surface area contributed by atoms with Gasteiger partial charge in [-0.1, -0.05) is 109 Å². The van der Waals surface area contributed by atoms with Crippen molar-refractivity contribution in [1.82, 2.24) is 0 Å². The van der Waals surface area contributed by atoms with Gasteiger partial charge >= 0.3 is 0 Å². The van der Waals surface area contributed by atoms with Crippen molar-refractivity contribution in [2.24, 2.45) is 5.41 Å². The monoisotopic (exact) mass is 501 g/mol. The Kier molecular flexibility index (Phi) is 5.25. The Balaban J connectivity index is 1.44. The standard InChI is InChI=1S/C33H27NO4/c35-30-31-23-29(25-13-5-1-6-14-25)36-33(31,21-22-34(30)28-19-11-4-12-20-28)38-37-32(24-31,26-15-7-2-8-16-26)27-17-9-3-10-18-27/h1-20,23H,21-22,24H2. The highest BCUT2D eigenvalue weighted by Gasteiger charge is 2.72. The van der Waals surface area contributed by atoms with Crippen LogP contribution in [0, 0.1) is 5.41 Å². The predicted octanol–water partition coefficient (Wildman–Crippen LogP) is 6.47. The molecule has 0 bridgehead atoms. The minimum absolute atomic E-state index is 0.0552. The zero-order chi connectivity index (χ0) is 25.6. The van der Waals surface area contributed by atoms with Crippen molar-refractivity contribution in [3.05, 3.63) is 144 Å². The molecule has 7 rings (SSSR count). The van der Waals surface area contributed by atoms with E-state index in [2.05, 4.69) is 0 Å². The van der Waals surface area contributed by atoms with Crippen LogP contribution in [0.5, 0.6) is 0 Å². The van der Waals surface area contributed by atoms with Gasteiger partial charge in [0.25, 0.3) is 5.79 Å². The van der Waals surface area contributed by atoms with Gasteiger partial charge in [-0.15, -0.1) is 0 Å². The lowest BCUT2D eigenvalue weighted by molar-refractivity contribution is -0.498. The van der Waals surface area contributed by atoms with Crippen LogP contribution in [-0.2, 0) is 24.9 Å². The first-order valence-corrected chi connectivity index (χ1v) is 13.0. The van der Waals surface area contributed by atoms with Crippen molar-refractivity contribution >= 4 is 17.4 Å². The molecule has 0 spiro atoms. The van der Waals surface area contributed by atoms with Crippen LogP contribution in [0.15, 0.2) is 127 Å². The molecule has 5 heteroatoms. The molecule has 4 aromatic rings. The SMILES string of the molecule is O=C1N(c2ccccc2)CCC23OOC(c4ccccc4)(c4ccccc4)CC12C=C(c1ccccc1)O3. The van der Waals surface area contributed by atoms with E-state index in [9.17, 15) is 4.79 Å². The Morgan fingerprint density at radius 1 is 0.658 bits per heavy atom. The molecular weight excluding hydrogens is 474 g/mol. The molecule has 0 aliphatic carbocycles. The number of anilines is 1. The van der Waals surface area contributed by atoms with Gasteiger partial charge in [-0.3, -0.25) is 4.79 Å². The normalized spacial score (nSPS) is 25.6. The summed E-state index contributed by atoms with van der Waals surface area (Å²) < 4.78 is 6.62. The Bertz CT molecular complexity index is 1450. The molecule has 2 atom stereocenters. The second-order valence-corrected chi connectivity index (χ2v) is 10.1. The van der Waals surface area contributed by atoms with Crippen LogP contribution in [0.3, 0.4) is 0 Å². The van der Waals surface area contributed by atoms with E-state index in [1.54, 1.807) is 0 Å². The van der Waals surface area contributed by atoms with Crippen molar-refractivity contribution in [3.63, 3.8) is 0 Å². The lowest BCUT2D eigenvalue weighted by Crippen LogP contribution is -2.67. The van der Waals surface area contributed by atoms with Gasteiger partial charge in [-0.2, -0.15) is 4.89 Å². The number of carbonyl (C=O) groups is 1. The van der Waals surface area contributed by atoms with Gasteiger partial charge in [-0.25, -0.2) is 4.89 Å². The van der Waals surface area contributed by atoms with Crippen LogP contribution < -0.4 is 4.90 Å². The van der Waals surface area contributed by atoms with Gasteiger partial charge in [0.1, 0.15) is 11.2 Å². The van der Waals surface area contributed by atoms with Crippen LogP contribution in [0.25, 0.3) is 5.76 Å². The molecule has 2 unspecified atom stereocenters. The van der Waals surface area contributed by atoms with E-state index in [0.717, 1.165) is 22.4 Å². The lowest BCUT2D eigenvalue weighted by atomic mass is 9.64. The number of amides is 1. The fourth-order valence-electron chi connectivity index (χ4n) is 6.17. The molecule has 4 aromatic carbocycles. The minimum atomic E-state index is -1.27. The number of carbonyl (C=O) groups excluding carboxylic acids is 1. The number of rotatable bonds is 4. The summed E-state index contributed by atoms with van der Waals surface area (Å²) in [4.78, 5) is 29.5. The first-order valence-electron chi connectivity index (χ1n) is 13.0. The molecule has 0 saturated carbocycles. The number of hydrogen-bond donors (Lipinski definition) is 0. The van der Waals surface area contributed by atoms with Crippen molar-refractivity contribution in [3.8, 4) is 0 Å². The van der Waals surface area contributed by atoms with E-state index in [0.29, 0.717) is 25.1 Å². The van der Waals surface area contributed by atoms with Gasteiger partial charge in [0.15, 0.2) is 5.60 Å². The highest BCUT2D eigenvalue weighted by Crippen LogP contribution is 2.63. The van der Waals surface area contributed by atoms with Crippen LogP contribution >= 0.6 is 0 Å². The largest absolute Gasteiger partial charge is 0.458 e. The number of hydrogen-bond acceptors (Lipinski definition) is 4. The maximum Gasteiger partial charge on any atom is 0.260 e. The summed E-state index contributed by atoms with van der Waals surface area (Å²) in [6, 6.07) is 39.7. The van der Waals surface area contributed by atoms with E-state index < -0.39 is 16.8 Å². The number of nitrogens with zero attached hydrogens (tertiary/aromatic N) is 1. The van der Waals surface area contributed by atoms with Crippen molar-refractivity contribution < 1.29 is 19.3 Å². The van der Waals surface area contributed by atoms with Gasteiger partial charge in [0, 0.05) is 30.6 Å². The summed E-state index contributed by atoms with van der Waals surface area (Å²) in [6.07, 6.45) is 2.77. The zero-order valence-corrected chi connectivity index (χ0v) is 20.8. The van der Waals surface area contributed by atoms with Crippen molar-refractivity contribution in [2.75, 3.05) is 11.4 Å². The Morgan fingerprint density at radius 3 is 1.82 bits per heavy atom. The number of para-hydroxylation sites is 1. The average Bonchev–Trinajstić information content (AvgIpc) is 3.36. The Morgan fingerprint density at radius 2 is 1.21 bits per heavy atom. The summed E-state index contributed by atoms with van der Waals surface area (Å²) >= 11 is 0. The van der Waals surface area contributed by atoms with Crippen molar-refractivity contribution in [1.29, 1.82) is 0 Å². The zero-order valence-electron chi connectivity index (χ0n) is 20.8. The van der Waals surface area contributed by atoms with E-state index in [1.807, 2.05) is 132 Å². The first-order chi connectivity index (χ1) is 18.7. The Labute approximate surface area is 221 Å². The van der Waals surface area contributed by atoms with Crippen LogP contribution in [0.1, 0.15) is 29.5 Å². The minimum Gasteiger partial charge on any atom is -0.458 e. The molecule has 1 amide bonds. The van der Waals surface area contributed by atoms with Crippen LogP contribution in [0.2, 0.25) is 0 Å². The van der Waals surface area contributed by atoms with E-state index in [4.69, 9.17) is 14.5 Å². The molecule has 5 nitrogen and oxygen atoms in total. The molecule has 3 heterocycles. The number of piperidine rings is 1. The predicted molar refractivity (Wildman–Crippen MR) is 145 cm³/mol. The summed E-state index contributed by atoms with van der Waals surface area (Å²) in [5, 5.41) is 0. The molecule has 0 aromatic heterocycles. The third-order valence-electron chi connectivity index (χ3n) is 8.08. The smallest absolute Gasteiger partial charge is 0.260 e. The van der Waals surface area contributed by atoms with E-state index in [-0.39, 0.29) is 5.91 Å². The molecule has 2 fully saturated rings. The molecule has 3 aliphatic heterocycles. The van der Waals surface area contributed by atoms with E-state index >= 15 is 0 Å². The third-order valence-corrected chi connectivity index (χ3v) is 8.08. The first kappa shape index (κ1) is 23.0. The van der Waals surface area contributed by atoms with Gasteiger partial charge in [0.05, 0.1) is 0 Å². The summed E-state index contributed by atoms with van der Waals surface area (Å²) in [5.74, 6) is -0.692. The molecule has 0 radical (unpaired) electrons. The molecular formula is C33H27NO4. The summed E-state index contributed by atoms with van der Waals surface area (Å²) in [5.41, 5.74) is 1.44. The second-order valence-electron chi connectivity index (χ2n) is 10.1. The highest BCUT2D eigenvalue weighted by atomic mass is 17.2. The maximum atomic E-state index is 14.8. The molecule has 0 N–H and O–H groups in total. The van der Waals surface area contributed by atoms with Gasteiger partial charge < -0.3 is 9.64 Å². The summed E-state index contributed by atoms with van der Waals surface area (Å²) in [6.45, 7) is 0.452. The fraction of sp³-hybridized carbons (Fsp3) is 0.182. The van der Waals surface area contributed by atoms with Gasteiger partial charge in [0.2, 0.25) is 5.91 Å². The maximum absolute atomic E-state index is 14.8. The van der Waals surface area contributed by atoms with Crippen LogP contribution in [-0.4, -0.2) is 18.2 Å². The fourth-order valence-corrected chi connectivity index (χ4v) is 6.17. The second kappa shape index (κ2) is 8.69. The van der Waals surface area contributed by atoms with Gasteiger partial charge in [-0.05, 0) is 29.3 Å². The topological polar surface area (TPSA) is 48.0 Å². The van der Waals surface area contributed by atoms with E-state index in [1.165, 1.54) is 0 Å². The van der Waals surface area contributed by atoms with Crippen LogP contribution in [0.4, 0.5) is 5.69 Å². The molecule has 38 heavy (non-hydrogen) atoms. The number of benzene rings is 4. The molecule has 188 valence electrons. The quantitative estimate of drug-likeness (QED) is 0.301. The Hall–Kier alpha value is -4.19. The summed E-state index contributed by atoms with van der Waals surface area (Å²) in [7, 11) is 0. The number of ether oxygens (including phenoxy) is 1. The molecule has 2 saturated heterocycles. The lowest BCUT2D eigenvalue weighted by Gasteiger charge is -2.55.